The number of para-hydroxylation sites is 1. The number of nitrogens with zero attached hydrogens (tertiary/aromatic N) is 3. The van der Waals surface area contributed by atoms with Gasteiger partial charge in [-0.1, -0.05) is 142 Å². The van der Waals surface area contributed by atoms with Gasteiger partial charge in [-0.25, -0.2) is 0 Å². The highest BCUT2D eigenvalue weighted by Crippen LogP contribution is 2.34. The van der Waals surface area contributed by atoms with Crippen molar-refractivity contribution in [1.29, 1.82) is 0 Å². The van der Waals surface area contributed by atoms with Gasteiger partial charge in [-0.2, -0.15) is 0 Å². The fourth-order valence-corrected chi connectivity index (χ4v) is 4.95. The zero-order valence-corrected chi connectivity index (χ0v) is 22.9. The number of rotatable bonds is 5. The summed E-state index contributed by atoms with van der Waals surface area (Å²) in [6.45, 7) is 6.67. The molecule has 0 aliphatic carbocycles. The molecule has 0 fully saturated rings. The van der Waals surface area contributed by atoms with E-state index in [0.29, 0.717) is 17.2 Å². The summed E-state index contributed by atoms with van der Waals surface area (Å²) in [6, 6.07) is 42.6. The van der Waals surface area contributed by atoms with Crippen LogP contribution in [0, 0.1) is 0 Å². The summed E-state index contributed by atoms with van der Waals surface area (Å²) >= 11 is 0. The molecule has 6 rings (SSSR count). The van der Waals surface area contributed by atoms with Crippen molar-refractivity contribution in [3.63, 3.8) is 0 Å². The summed E-state index contributed by atoms with van der Waals surface area (Å²) in [5.41, 5.74) is 8.32. The van der Waals surface area contributed by atoms with Crippen LogP contribution < -0.4 is 5.11 Å². The van der Waals surface area contributed by atoms with Crippen LogP contribution in [0.4, 0.5) is 0 Å². The van der Waals surface area contributed by atoms with Crippen LogP contribution in [0.3, 0.4) is 0 Å². The van der Waals surface area contributed by atoms with E-state index in [1.54, 1.807) is 18.2 Å². The Balaban J connectivity index is 1.41. The molecule has 0 aliphatic rings. The van der Waals surface area contributed by atoms with Gasteiger partial charge in [-0.3, -0.25) is 4.57 Å². The normalized spacial score (nSPS) is 11.5. The third-order valence-corrected chi connectivity index (χ3v) is 7.25. The predicted molar refractivity (Wildman–Crippen MR) is 161 cm³/mol. The van der Waals surface area contributed by atoms with Crippen LogP contribution in [-0.4, -0.2) is 14.8 Å². The molecule has 0 aliphatic heterocycles. The fourth-order valence-electron chi connectivity index (χ4n) is 4.95. The highest BCUT2D eigenvalue weighted by molar-refractivity contribution is 5.73. The van der Waals surface area contributed by atoms with Crippen LogP contribution in [-0.2, 0) is 5.41 Å². The Bertz CT molecular complexity index is 1740. The molecule has 4 heteroatoms. The second-order valence-corrected chi connectivity index (χ2v) is 11.0. The van der Waals surface area contributed by atoms with Gasteiger partial charge in [0.25, 0.3) is 0 Å². The van der Waals surface area contributed by atoms with Gasteiger partial charge in [-0.05, 0) is 45.4 Å². The SMILES string of the molecule is CC(C)(C)c1ccc(-c2ccc(-c3nnc(-c4ccccc4[O-])n3-c3ccc(-c4ccccc4)cc3)cc2)cc1. The van der Waals surface area contributed by atoms with Crippen LogP contribution in [0.1, 0.15) is 26.3 Å². The van der Waals surface area contributed by atoms with E-state index in [9.17, 15) is 5.11 Å². The van der Waals surface area contributed by atoms with E-state index in [-0.39, 0.29) is 11.2 Å². The summed E-state index contributed by atoms with van der Waals surface area (Å²) in [5, 5.41) is 21.9. The standard InChI is InChI=1S/C36H31N3O/c1-36(2,3)30-21-17-27(18-22-30)26-13-15-29(16-14-26)34-37-38-35(32-11-7-8-12-33(32)40)39(34)31-23-19-28(20-24-31)25-9-5-4-6-10-25/h4-24,40H,1-3H3/p-1. The summed E-state index contributed by atoms with van der Waals surface area (Å²) in [5.74, 6) is 1.12. The quantitative estimate of drug-likeness (QED) is 0.230. The average molecular weight is 521 g/mol. The van der Waals surface area contributed by atoms with Gasteiger partial charge < -0.3 is 5.11 Å². The molecule has 0 saturated heterocycles. The third-order valence-electron chi connectivity index (χ3n) is 7.25. The molecular formula is C36H30N3O-. The minimum Gasteiger partial charge on any atom is -0.872 e. The Morgan fingerprint density at radius 3 is 1.57 bits per heavy atom. The lowest BCUT2D eigenvalue weighted by Crippen LogP contribution is -2.10. The van der Waals surface area contributed by atoms with E-state index in [2.05, 4.69) is 116 Å². The maximum atomic E-state index is 12.8. The molecule has 1 aromatic heterocycles. The molecule has 0 N–H and O–H groups in total. The first-order chi connectivity index (χ1) is 19.4. The molecule has 0 bridgehead atoms. The van der Waals surface area contributed by atoms with Crippen molar-refractivity contribution in [2.24, 2.45) is 0 Å². The van der Waals surface area contributed by atoms with Crippen molar-refractivity contribution < 1.29 is 5.11 Å². The van der Waals surface area contributed by atoms with Crippen molar-refractivity contribution in [3.05, 3.63) is 133 Å². The number of benzene rings is 5. The maximum absolute atomic E-state index is 12.8. The highest BCUT2D eigenvalue weighted by atomic mass is 16.3. The number of hydrogen-bond acceptors (Lipinski definition) is 3. The zero-order chi connectivity index (χ0) is 27.7. The molecule has 6 aromatic rings. The molecule has 4 nitrogen and oxygen atoms in total. The minimum atomic E-state index is -0.0855. The summed E-state index contributed by atoms with van der Waals surface area (Å²) < 4.78 is 1.97. The van der Waals surface area contributed by atoms with E-state index >= 15 is 0 Å². The minimum absolute atomic E-state index is 0.0855. The van der Waals surface area contributed by atoms with E-state index in [0.717, 1.165) is 27.9 Å². The Morgan fingerprint density at radius 2 is 0.975 bits per heavy atom. The lowest BCUT2D eigenvalue weighted by molar-refractivity contribution is -0.267. The van der Waals surface area contributed by atoms with Crippen LogP contribution in [0.25, 0.3) is 50.7 Å². The van der Waals surface area contributed by atoms with Gasteiger partial charge in [0.2, 0.25) is 0 Å². The van der Waals surface area contributed by atoms with E-state index in [1.165, 1.54) is 11.1 Å². The van der Waals surface area contributed by atoms with E-state index in [1.807, 2.05) is 28.8 Å². The topological polar surface area (TPSA) is 53.8 Å². The molecular weight excluding hydrogens is 490 g/mol. The lowest BCUT2D eigenvalue weighted by atomic mass is 9.86. The average Bonchev–Trinajstić information content (AvgIpc) is 3.43. The van der Waals surface area contributed by atoms with E-state index in [4.69, 9.17) is 0 Å². The van der Waals surface area contributed by atoms with Gasteiger partial charge >= 0.3 is 0 Å². The molecule has 0 unspecified atom stereocenters. The van der Waals surface area contributed by atoms with Crippen LogP contribution in [0.15, 0.2) is 127 Å². The summed E-state index contributed by atoms with van der Waals surface area (Å²) in [6.07, 6.45) is 0. The molecule has 1 heterocycles. The van der Waals surface area contributed by atoms with Crippen molar-refractivity contribution >= 4 is 0 Å². The lowest BCUT2D eigenvalue weighted by Gasteiger charge is -2.19. The van der Waals surface area contributed by atoms with Crippen molar-refractivity contribution in [3.8, 4) is 56.5 Å². The van der Waals surface area contributed by atoms with Gasteiger partial charge in [0.05, 0.1) is 0 Å². The molecule has 0 amide bonds. The first-order valence-corrected chi connectivity index (χ1v) is 13.5. The maximum Gasteiger partial charge on any atom is 0.168 e. The van der Waals surface area contributed by atoms with Gasteiger partial charge in [0.1, 0.15) is 0 Å². The van der Waals surface area contributed by atoms with Crippen LogP contribution in [0.2, 0.25) is 0 Å². The highest BCUT2D eigenvalue weighted by Gasteiger charge is 2.18. The molecule has 40 heavy (non-hydrogen) atoms. The largest absolute Gasteiger partial charge is 0.872 e. The van der Waals surface area contributed by atoms with Gasteiger partial charge in [0, 0.05) is 16.8 Å². The Labute approximate surface area is 235 Å². The predicted octanol–water partition coefficient (Wildman–Crippen LogP) is 8.31. The van der Waals surface area contributed by atoms with Crippen LogP contribution >= 0.6 is 0 Å². The molecule has 0 saturated carbocycles. The first kappa shape index (κ1) is 25.3. The Morgan fingerprint density at radius 1 is 0.500 bits per heavy atom. The van der Waals surface area contributed by atoms with Crippen molar-refractivity contribution in [2.75, 3.05) is 0 Å². The summed E-state index contributed by atoms with van der Waals surface area (Å²) in [7, 11) is 0. The molecule has 0 radical (unpaired) electrons. The van der Waals surface area contributed by atoms with Gasteiger partial charge in [0.15, 0.2) is 11.6 Å². The molecule has 0 atom stereocenters. The van der Waals surface area contributed by atoms with E-state index < -0.39 is 0 Å². The fraction of sp³-hybridized carbons (Fsp3) is 0.111. The second-order valence-electron chi connectivity index (χ2n) is 11.0. The number of hydrogen-bond donors (Lipinski definition) is 0. The Hall–Kier alpha value is -4.96. The Kier molecular flexibility index (Phi) is 6.53. The third kappa shape index (κ3) is 4.92. The zero-order valence-electron chi connectivity index (χ0n) is 22.9. The number of aromatic nitrogens is 3. The molecule has 5 aromatic carbocycles. The van der Waals surface area contributed by atoms with Crippen molar-refractivity contribution in [2.45, 2.75) is 26.2 Å². The first-order valence-electron chi connectivity index (χ1n) is 13.5. The molecule has 196 valence electrons. The second kappa shape index (κ2) is 10.3. The smallest absolute Gasteiger partial charge is 0.168 e. The van der Waals surface area contributed by atoms with Gasteiger partial charge in [-0.15, -0.1) is 10.2 Å². The monoisotopic (exact) mass is 520 g/mol. The molecule has 0 spiro atoms. The van der Waals surface area contributed by atoms with Crippen LogP contribution in [0.5, 0.6) is 5.75 Å². The van der Waals surface area contributed by atoms with Crippen molar-refractivity contribution in [1.82, 2.24) is 14.8 Å². The summed E-state index contributed by atoms with van der Waals surface area (Å²) in [4.78, 5) is 0.